The minimum Gasteiger partial charge on any atom is -0.496 e. The Morgan fingerprint density at radius 1 is 1.10 bits per heavy atom. The summed E-state index contributed by atoms with van der Waals surface area (Å²) in [7, 11) is 1.69. The molecule has 1 heterocycles. The van der Waals surface area contributed by atoms with E-state index in [1.807, 2.05) is 12.1 Å². The second-order valence-electron chi connectivity index (χ2n) is 8.18. The number of nitrogens with two attached hydrogens (primary N) is 1. The average Bonchev–Trinajstić information content (AvgIpc) is 3.07. The van der Waals surface area contributed by atoms with Crippen molar-refractivity contribution in [2.75, 3.05) is 7.11 Å². The number of ether oxygens (including phenoxy) is 1. The number of methoxy groups -OCH3 is 1. The highest BCUT2D eigenvalue weighted by Crippen LogP contribution is 2.33. The number of aromatic nitrogens is 1. The quantitative estimate of drug-likeness (QED) is 0.372. The molecule has 0 spiro atoms. The fourth-order valence-corrected chi connectivity index (χ4v) is 4.42. The summed E-state index contributed by atoms with van der Waals surface area (Å²) in [6, 6.07) is 19.8. The molecular formula is C27H29N2O2. The van der Waals surface area contributed by atoms with E-state index in [9.17, 15) is 4.79 Å². The third-order valence-corrected chi connectivity index (χ3v) is 5.99. The number of carbonyl (C=O) groups excluding carboxylic acids is 1. The fraction of sp³-hybridized carbons (Fsp3) is 0.296. The largest absolute Gasteiger partial charge is 0.496 e. The minimum atomic E-state index is -0.412. The molecule has 1 aromatic heterocycles. The van der Waals surface area contributed by atoms with Crippen molar-refractivity contribution in [3.63, 3.8) is 0 Å². The first-order valence-corrected chi connectivity index (χ1v) is 10.9. The normalized spacial score (nSPS) is 11.3. The van der Waals surface area contributed by atoms with Gasteiger partial charge in [-0.2, -0.15) is 0 Å². The molecule has 2 N–H and O–H groups in total. The number of aryl methyl sites for hydroxylation is 2. The van der Waals surface area contributed by atoms with Crippen LogP contribution in [0.15, 0.2) is 48.5 Å². The van der Waals surface area contributed by atoms with Gasteiger partial charge in [0.25, 0.3) is 0 Å². The fourth-order valence-electron chi connectivity index (χ4n) is 4.42. The third kappa shape index (κ3) is 4.02. The van der Waals surface area contributed by atoms with E-state index in [4.69, 9.17) is 10.5 Å². The SMILES string of the molecule is CCCCCc1c[c]c2c3c(C(N)=O)cccc3n(Cc3ccc(OC)c(C)c3)c2c1. The molecule has 4 nitrogen and oxygen atoms in total. The summed E-state index contributed by atoms with van der Waals surface area (Å²) in [5, 5.41) is 1.84. The zero-order valence-corrected chi connectivity index (χ0v) is 18.5. The number of hydrogen-bond acceptors (Lipinski definition) is 2. The number of nitrogens with zero attached hydrogens (tertiary/aromatic N) is 1. The number of benzene rings is 3. The van der Waals surface area contributed by atoms with Crippen LogP contribution in [-0.2, 0) is 13.0 Å². The molecule has 1 radical (unpaired) electrons. The Morgan fingerprint density at radius 2 is 1.94 bits per heavy atom. The second-order valence-corrected chi connectivity index (χ2v) is 8.18. The van der Waals surface area contributed by atoms with Gasteiger partial charge in [0.15, 0.2) is 0 Å². The Labute approximate surface area is 183 Å². The smallest absolute Gasteiger partial charge is 0.249 e. The topological polar surface area (TPSA) is 57.2 Å². The summed E-state index contributed by atoms with van der Waals surface area (Å²) < 4.78 is 7.69. The van der Waals surface area contributed by atoms with Crippen molar-refractivity contribution in [3.05, 3.63) is 76.9 Å². The van der Waals surface area contributed by atoms with Crippen LogP contribution < -0.4 is 10.5 Å². The molecule has 0 atom stereocenters. The van der Waals surface area contributed by atoms with E-state index in [0.717, 1.165) is 39.5 Å². The summed E-state index contributed by atoms with van der Waals surface area (Å²) in [5.74, 6) is 0.471. The zero-order chi connectivity index (χ0) is 22.0. The maximum Gasteiger partial charge on any atom is 0.249 e. The summed E-state index contributed by atoms with van der Waals surface area (Å²) in [4.78, 5) is 12.2. The average molecular weight is 414 g/mol. The maximum absolute atomic E-state index is 12.2. The Bertz CT molecular complexity index is 1250. The van der Waals surface area contributed by atoms with Gasteiger partial charge < -0.3 is 15.0 Å². The lowest BCUT2D eigenvalue weighted by molar-refractivity contribution is 0.100. The molecule has 0 aliphatic heterocycles. The lowest BCUT2D eigenvalue weighted by Crippen LogP contribution is -2.11. The van der Waals surface area contributed by atoms with Gasteiger partial charge in [-0.3, -0.25) is 4.79 Å². The molecule has 0 saturated heterocycles. The number of amides is 1. The van der Waals surface area contributed by atoms with Crippen LogP contribution in [-0.4, -0.2) is 17.6 Å². The van der Waals surface area contributed by atoms with Gasteiger partial charge in [0.2, 0.25) is 5.91 Å². The van der Waals surface area contributed by atoms with E-state index in [1.54, 1.807) is 13.2 Å². The lowest BCUT2D eigenvalue weighted by Gasteiger charge is -2.11. The van der Waals surface area contributed by atoms with Crippen LogP contribution >= 0.6 is 0 Å². The van der Waals surface area contributed by atoms with Crippen molar-refractivity contribution >= 4 is 27.7 Å². The van der Waals surface area contributed by atoms with Crippen LogP contribution in [0.5, 0.6) is 5.75 Å². The first-order chi connectivity index (χ1) is 15.0. The van der Waals surface area contributed by atoms with Gasteiger partial charge in [-0.1, -0.05) is 44.0 Å². The lowest BCUT2D eigenvalue weighted by atomic mass is 10.0. The van der Waals surface area contributed by atoms with Gasteiger partial charge in [-0.05, 0) is 66.8 Å². The number of primary amides is 1. The first kappa shape index (κ1) is 21.0. The van der Waals surface area contributed by atoms with Crippen LogP contribution in [0.3, 0.4) is 0 Å². The van der Waals surface area contributed by atoms with Crippen LogP contribution in [0.4, 0.5) is 0 Å². The molecule has 0 unspecified atom stereocenters. The Balaban J connectivity index is 1.89. The van der Waals surface area contributed by atoms with Gasteiger partial charge >= 0.3 is 0 Å². The monoisotopic (exact) mass is 413 g/mol. The minimum absolute atomic E-state index is 0.412. The molecule has 0 fully saturated rings. The summed E-state index contributed by atoms with van der Waals surface area (Å²) in [5.41, 5.74) is 11.9. The number of carbonyl (C=O) groups is 1. The number of hydrogen-bond donors (Lipinski definition) is 1. The number of unbranched alkanes of at least 4 members (excludes halogenated alkanes) is 2. The molecule has 0 aliphatic carbocycles. The molecule has 0 aliphatic rings. The third-order valence-electron chi connectivity index (χ3n) is 5.99. The first-order valence-electron chi connectivity index (χ1n) is 10.9. The highest BCUT2D eigenvalue weighted by Gasteiger charge is 2.17. The highest BCUT2D eigenvalue weighted by molar-refractivity contribution is 6.17. The molecule has 1 amide bonds. The van der Waals surface area contributed by atoms with E-state index in [1.165, 1.54) is 30.4 Å². The van der Waals surface area contributed by atoms with Crippen LogP contribution in [0.25, 0.3) is 21.8 Å². The van der Waals surface area contributed by atoms with Crippen LogP contribution in [0.2, 0.25) is 0 Å². The van der Waals surface area contributed by atoms with Gasteiger partial charge in [0.1, 0.15) is 5.75 Å². The second kappa shape index (κ2) is 8.84. The van der Waals surface area contributed by atoms with Gasteiger partial charge in [-0.25, -0.2) is 0 Å². The van der Waals surface area contributed by atoms with Crippen molar-refractivity contribution < 1.29 is 9.53 Å². The van der Waals surface area contributed by atoms with Crippen molar-refractivity contribution in [2.24, 2.45) is 5.73 Å². The predicted molar refractivity (Wildman–Crippen MR) is 127 cm³/mol. The van der Waals surface area contributed by atoms with Crippen molar-refractivity contribution in [3.8, 4) is 5.75 Å². The number of fused-ring (bicyclic) bond motifs is 3. The Morgan fingerprint density at radius 3 is 2.65 bits per heavy atom. The number of rotatable bonds is 8. The molecule has 0 bridgehead atoms. The molecule has 4 aromatic rings. The summed E-state index contributed by atoms with van der Waals surface area (Å²) in [6.07, 6.45) is 4.62. The van der Waals surface area contributed by atoms with E-state index < -0.39 is 5.91 Å². The highest BCUT2D eigenvalue weighted by atomic mass is 16.5. The molecule has 3 aromatic carbocycles. The van der Waals surface area contributed by atoms with Crippen molar-refractivity contribution in [1.82, 2.24) is 4.57 Å². The predicted octanol–water partition coefficient (Wildman–Crippen LogP) is 5.79. The van der Waals surface area contributed by atoms with E-state index >= 15 is 0 Å². The zero-order valence-electron chi connectivity index (χ0n) is 18.5. The van der Waals surface area contributed by atoms with Gasteiger partial charge in [0.05, 0.1) is 18.1 Å². The van der Waals surface area contributed by atoms with E-state index in [0.29, 0.717) is 12.1 Å². The molecule has 159 valence electrons. The van der Waals surface area contributed by atoms with Gasteiger partial charge in [0, 0.05) is 22.9 Å². The van der Waals surface area contributed by atoms with Crippen LogP contribution in [0, 0.1) is 13.0 Å². The van der Waals surface area contributed by atoms with Crippen molar-refractivity contribution in [2.45, 2.75) is 46.1 Å². The Hall–Kier alpha value is -3.27. The molecular weight excluding hydrogens is 384 g/mol. The molecule has 0 saturated carbocycles. The molecule has 4 heteroatoms. The van der Waals surface area contributed by atoms with Crippen molar-refractivity contribution in [1.29, 1.82) is 0 Å². The van der Waals surface area contributed by atoms with Crippen LogP contribution in [0.1, 0.15) is 53.2 Å². The van der Waals surface area contributed by atoms with E-state index in [2.05, 4.69) is 54.8 Å². The van der Waals surface area contributed by atoms with E-state index in [-0.39, 0.29) is 0 Å². The molecule has 4 rings (SSSR count). The maximum atomic E-state index is 12.2. The molecule has 31 heavy (non-hydrogen) atoms. The summed E-state index contributed by atoms with van der Waals surface area (Å²) >= 11 is 0. The standard InChI is InChI=1S/C27H29N2O2/c1-4-5-6-8-19-11-13-21-24(16-19)29(17-20-12-14-25(31-3)18(2)15-20)23-10-7-9-22(26(21)23)27(28)30/h7,9-12,14-16H,4-6,8,17H2,1-3H3,(H2,28,30). The Kier molecular flexibility index (Phi) is 5.99. The summed E-state index contributed by atoms with van der Waals surface area (Å²) in [6.45, 7) is 4.97. The van der Waals surface area contributed by atoms with Gasteiger partial charge in [-0.15, -0.1) is 0 Å².